The van der Waals surface area contributed by atoms with E-state index in [-0.39, 0.29) is 12.1 Å². The highest BCUT2D eigenvalue weighted by Gasteiger charge is 2.33. The van der Waals surface area contributed by atoms with E-state index < -0.39 is 0 Å². The normalized spacial score (nSPS) is 25.1. The van der Waals surface area contributed by atoms with Crippen LogP contribution < -0.4 is 5.32 Å². The number of carbonyl (C=O) groups is 1. The summed E-state index contributed by atoms with van der Waals surface area (Å²) in [5, 5.41) is 3.04. The number of rotatable bonds is 4. The first-order chi connectivity index (χ1) is 9.74. The number of aromatic nitrogens is 2. The van der Waals surface area contributed by atoms with Gasteiger partial charge >= 0.3 is 0 Å². The van der Waals surface area contributed by atoms with Gasteiger partial charge < -0.3 is 9.88 Å². The smallest absolute Gasteiger partial charge is 0.235 e. The van der Waals surface area contributed by atoms with Crippen LogP contribution in [0.3, 0.4) is 0 Å². The van der Waals surface area contributed by atoms with Crippen molar-refractivity contribution in [2.45, 2.75) is 44.7 Å². The fraction of sp³-hybridized carbons (Fsp3) is 0.733. The molecule has 2 heterocycles. The van der Waals surface area contributed by atoms with E-state index in [1.165, 1.54) is 38.5 Å². The van der Waals surface area contributed by atoms with Crippen molar-refractivity contribution in [2.75, 3.05) is 13.1 Å². The van der Waals surface area contributed by atoms with Crippen LogP contribution in [-0.2, 0) is 11.8 Å². The van der Waals surface area contributed by atoms with Gasteiger partial charge in [-0.25, -0.2) is 4.98 Å². The molecule has 0 bridgehead atoms. The molecular formula is C15H24N4O. The Morgan fingerprint density at radius 1 is 1.35 bits per heavy atom. The molecule has 110 valence electrons. The number of nitrogens with zero attached hydrogens (tertiary/aromatic N) is 3. The number of aryl methyl sites for hydroxylation is 1. The van der Waals surface area contributed by atoms with Crippen molar-refractivity contribution in [1.29, 1.82) is 0 Å². The Kier molecular flexibility index (Phi) is 4.05. The number of hydrogen-bond acceptors (Lipinski definition) is 3. The minimum atomic E-state index is -0.0499. The second-order valence-electron chi connectivity index (χ2n) is 6.13. The minimum absolute atomic E-state index is 0.0499. The van der Waals surface area contributed by atoms with Crippen LogP contribution in [-0.4, -0.2) is 33.4 Å². The quantitative estimate of drug-likeness (QED) is 0.912. The molecule has 1 atom stereocenters. The molecule has 0 unspecified atom stereocenters. The molecule has 2 aliphatic rings. The Balaban J connectivity index is 1.61. The third-order valence-corrected chi connectivity index (χ3v) is 4.66. The molecule has 1 N–H and O–H groups in total. The van der Waals surface area contributed by atoms with Crippen LogP contribution in [0.15, 0.2) is 12.4 Å². The van der Waals surface area contributed by atoms with E-state index in [1.54, 1.807) is 6.20 Å². The van der Waals surface area contributed by atoms with Gasteiger partial charge in [0, 0.05) is 26.0 Å². The van der Waals surface area contributed by atoms with Crippen LogP contribution in [0.4, 0.5) is 0 Å². The van der Waals surface area contributed by atoms with Crippen molar-refractivity contribution in [3.05, 3.63) is 18.2 Å². The number of carbonyl (C=O) groups excluding carboxylic acids is 1. The lowest BCUT2D eigenvalue weighted by Crippen LogP contribution is -2.31. The third-order valence-electron chi connectivity index (χ3n) is 4.66. The van der Waals surface area contributed by atoms with E-state index in [4.69, 9.17) is 0 Å². The molecule has 1 saturated heterocycles. The van der Waals surface area contributed by atoms with E-state index in [0.29, 0.717) is 6.54 Å². The molecule has 1 amide bonds. The number of hydrogen-bond donors (Lipinski definition) is 1. The molecule has 2 fully saturated rings. The van der Waals surface area contributed by atoms with Gasteiger partial charge in [-0.15, -0.1) is 0 Å². The molecule has 1 aromatic rings. The van der Waals surface area contributed by atoms with Crippen molar-refractivity contribution in [1.82, 2.24) is 19.8 Å². The second-order valence-corrected chi connectivity index (χ2v) is 6.13. The maximum absolute atomic E-state index is 11.7. The molecule has 5 heteroatoms. The van der Waals surface area contributed by atoms with E-state index in [1.807, 2.05) is 17.8 Å². The van der Waals surface area contributed by atoms with E-state index in [0.717, 1.165) is 18.3 Å². The first-order valence-corrected chi connectivity index (χ1v) is 7.74. The third kappa shape index (κ3) is 2.87. The SMILES string of the molecule is Cn1ccnc1[C@H]1NC(=O)CN1CCC1CCCCC1. The molecule has 0 spiro atoms. The predicted molar refractivity (Wildman–Crippen MR) is 76.9 cm³/mol. The Hall–Kier alpha value is -1.36. The van der Waals surface area contributed by atoms with Crippen LogP contribution in [0.5, 0.6) is 0 Å². The van der Waals surface area contributed by atoms with Gasteiger partial charge in [0.05, 0.1) is 6.54 Å². The Morgan fingerprint density at radius 3 is 2.85 bits per heavy atom. The summed E-state index contributed by atoms with van der Waals surface area (Å²) in [5.41, 5.74) is 0. The first-order valence-electron chi connectivity index (χ1n) is 7.74. The fourth-order valence-corrected chi connectivity index (χ4v) is 3.47. The Morgan fingerprint density at radius 2 is 2.15 bits per heavy atom. The highest BCUT2D eigenvalue weighted by Crippen LogP contribution is 2.28. The minimum Gasteiger partial charge on any atom is -0.335 e. The maximum Gasteiger partial charge on any atom is 0.235 e. The van der Waals surface area contributed by atoms with Gasteiger partial charge in [-0.05, 0) is 12.3 Å². The molecule has 1 aromatic heterocycles. The lowest BCUT2D eigenvalue weighted by Gasteiger charge is -2.26. The molecule has 1 saturated carbocycles. The van der Waals surface area contributed by atoms with Gasteiger partial charge in [-0.1, -0.05) is 32.1 Å². The monoisotopic (exact) mass is 276 g/mol. The van der Waals surface area contributed by atoms with Crippen LogP contribution in [0.2, 0.25) is 0 Å². The molecular weight excluding hydrogens is 252 g/mol. The van der Waals surface area contributed by atoms with Gasteiger partial charge in [0.15, 0.2) is 0 Å². The topological polar surface area (TPSA) is 50.2 Å². The highest BCUT2D eigenvalue weighted by atomic mass is 16.2. The Bertz CT molecular complexity index is 464. The summed E-state index contributed by atoms with van der Waals surface area (Å²) >= 11 is 0. The largest absolute Gasteiger partial charge is 0.335 e. The second kappa shape index (κ2) is 5.95. The molecule has 1 aliphatic carbocycles. The summed E-state index contributed by atoms with van der Waals surface area (Å²) in [6, 6.07) is 0. The molecule has 3 rings (SSSR count). The maximum atomic E-state index is 11.7. The van der Waals surface area contributed by atoms with Crippen molar-refractivity contribution in [2.24, 2.45) is 13.0 Å². The molecule has 0 radical (unpaired) electrons. The van der Waals surface area contributed by atoms with Crippen molar-refractivity contribution < 1.29 is 4.79 Å². The summed E-state index contributed by atoms with van der Waals surface area (Å²) in [6.07, 6.45) is 11.8. The summed E-state index contributed by atoms with van der Waals surface area (Å²) in [6.45, 7) is 1.49. The van der Waals surface area contributed by atoms with Crippen LogP contribution >= 0.6 is 0 Å². The zero-order valence-electron chi connectivity index (χ0n) is 12.2. The molecule has 0 aromatic carbocycles. The predicted octanol–water partition coefficient (Wildman–Crippen LogP) is 1.82. The van der Waals surface area contributed by atoms with Gasteiger partial charge in [0.25, 0.3) is 0 Å². The van der Waals surface area contributed by atoms with Crippen molar-refractivity contribution in [3.8, 4) is 0 Å². The zero-order chi connectivity index (χ0) is 13.9. The van der Waals surface area contributed by atoms with E-state index >= 15 is 0 Å². The number of nitrogens with one attached hydrogen (secondary N) is 1. The van der Waals surface area contributed by atoms with E-state index in [9.17, 15) is 4.79 Å². The van der Waals surface area contributed by atoms with Crippen molar-refractivity contribution in [3.63, 3.8) is 0 Å². The summed E-state index contributed by atoms with van der Waals surface area (Å²) in [4.78, 5) is 18.4. The average Bonchev–Trinajstić information content (AvgIpc) is 3.03. The highest BCUT2D eigenvalue weighted by molar-refractivity contribution is 5.80. The van der Waals surface area contributed by atoms with Crippen molar-refractivity contribution >= 4 is 5.91 Å². The lowest BCUT2D eigenvalue weighted by molar-refractivity contribution is -0.118. The lowest BCUT2D eigenvalue weighted by atomic mass is 9.87. The van der Waals surface area contributed by atoms with Crippen LogP contribution in [0.1, 0.15) is 50.5 Å². The van der Waals surface area contributed by atoms with Gasteiger partial charge in [-0.3, -0.25) is 9.69 Å². The van der Waals surface area contributed by atoms with Gasteiger partial charge in [0.1, 0.15) is 12.0 Å². The number of imidazole rings is 1. The van der Waals surface area contributed by atoms with Crippen LogP contribution in [0, 0.1) is 5.92 Å². The van der Waals surface area contributed by atoms with E-state index in [2.05, 4.69) is 15.2 Å². The average molecular weight is 276 g/mol. The fourth-order valence-electron chi connectivity index (χ4n) is 3.47. The number of amides is 1. The standard InChI is InChI=1S/C15H24N4O/c1-18-10-8-16-14(18)15-17-13(20)11-19(15)9-7-12-5-3-2-4-6-12/h8,10,12,15H,2-7,9,11H2,1H3,(H,17,20)/t15-/m0/s1. The van der Waals surface area contributed by atoms with Gasteiger partial charge in [-0.2, -0.15) is 0 Å². The summed E-state index contributed by atoms with van der Waals surface area (Å²) in [5.74, 6) is 1.89. The Labute approximate surface area is 120 Å². The van der Waals surface area contributed by atoms with Crippen LogP contribution in [0.25, 0.3) is 0 Å². The summed E-state index contributed by atoms with van der Waals surface area (Å²) < 4.78 is 1.99. The molecule has 1 aliphatic heterocycles. The zero-order valence-corrected chi connectivity index (χ0v) is 12.2. The molecule has 5 nitrogen and oxygen atoms in total. The van der Waals surface area contributed by atoms with Gasteiger partial charge in [0.2, 0.25) is 5.91 Å². The summed E-state index contributed by atoms with van der Waals surface area (Å²) in [7, 11) is 1.98. The molecule has 20 heavy (non-hydrogen) atoms. The first kappa shape index (κ1) is 13.6.